The van der Waals surface area contributed by atoms with Gasteiger partial charge in [0.05, 0.1) is 0 Å². The molecule has 11 nitrogen and oxygen atoms in total. The predicted molar refractivity (Wildman–Crippen MR) is 135 cm³/mol. The molecule has 0 aliphatic heterocycles. The van der Waals surface area contributed by atoms with E-state index in [4.69, 9.17) is 27.8 Å². The first-order valence-electron chi connectivity index (χ1n) is 11.2. The van der Waals surface area contributed by atoms with Gasteiger partial charge in [-0.3, -0.25) is 9.59 Å². The number of nitrogens with one attached hydrogen (secondary N) is 3. The van der Waals surface area contributed by atoms with Gasteiger partial charge in [0.15, 0.2) is 22.5 Å². The van der Waals surface area contributed by atoms with E-state index in [0.717, 1.165) is 11.3 Å². The third-order valence-corrected chi connectivity index (χ3v) is 5.33. The molecule has 1 aromatic heterocycles. The number of nitrogen functional groups attached to an aromatic ring is 2. The van der Waals surface area contributed by atoms with E-state index in [1.807, 2.05) is 24.3 Å². The molecule has 0 spiro atoms. The van der Waals surface area contributed by atoms with Gasteiger partial charge in [-0.1, -0.05) is 43.6 Å². The maximum atomic E-state index is 12.5. The van der Waals surface area contributed by atoms with Crippen molar-refractivity contribution in [1.82, 2.24) is 25.9 Å². The fourth-order valence-corrected chi connectivity index (χ4v) is 3.22. The lowest BCUT2D eigenvalue weighted by Crippen LogP contribution is -2.55. The van der Waals surface area contributed by atoms with E-state index in [1.165, 1.54) is 13.8 Å². The number of benzene rings is 1. The Morgan fingerprint density at radius 2 is 1.83 bits per heavy atom. The number of aromatic nitrogens is 2. The summed E-state index contributed by atoms with van der Waals surface area (Å²) in [5, 5.41) is 18.4. The molecule has 0 fully saturated rings. The molecular formula is C23H34ClN7O4. The molecule has 1 heterocycles. The lowest BCUT2D eigenvalue weighted by Gasteiger charge is -2.25. The summed E-state index contributed by atoms with van der Waals surface area (Å²) < 4.78 is 5.76. The van der Waals surface area contributed by atoms with E-state index in [2.05, 4.69) is 39.8 Å². The minimum atomic E-state index is -1.27. The van der Waals surface area contributed by atoms with Crippen LogP contribution in [0.2, 0.25) is 5.15 Å². The van der Waals surface area contributed by atoms with Gasteiger partial charge in [0.25, 0.3) is 5.91 Å². The van der Waals surface area contributed by atoms with E-state index in [9.17, 15) is 14.7 Å². The minimum absolute atomic E-state index is 0.0951. The first-order chi connectivity index (χ1) is 16.4. The molecule has 1 atom stereocenters. The number of aliphatic hydroxyl groups excluding tert-OH is 1. The summed E-state index contributed by atoms with van der Waals surface area (Å²) in [5.41, 5.74) is 10.8. The molecule has 0 radical (unpaired) electrons. The number of carbonyl (C=O) groups excluding carboxylic acids is 2. The molecule has 1 unspecified atom stereocenters. The Bertz CT molecular complexity index is 1030. The van der Waals surface area contributed by atoms with E-state index in [-0.39, 0.29) is 42.2 Å². The van der Waals surface area contributed by atoms with E-state index >= 15 is 0 Å². The molecule has 0 aliphatic rings. The molecule has 2 aromatic rings. The van der Waals surface area contributed by atoms with Crippen molar-refractivity contribution in [2.45, 2.75) is 45.3 Å². The molecule has 0 bridgehead atoms. The van der Waals surface area contributed by atoms with Gasteiger partial charge in [0, 0.05) is 19.6 Å². The molecule has 1 aromatic carbocycles. The highest BCUT2D eigenvalue weighted by atomic mass is 35.5. The molecule has 8 N–H and O–H groups in total. The van der Waals surface area contributed by atoms with Crippen molar-refractivity contribution in [2.24, 2.45) is 0 Å². The SMILES string of the molecule is CC(C)c1ccccc1OCC(O)CNCCNC(=O)C(C)(C)NC(=O)c1nc(Cl)c(N)nc1N. The maximum absolute atomic E-state index is 12.5. The standard InChI is InChI=1S/C23H34ClN7O4/c1-13(2)15-7-5-6-8-16(15)35-12-14(32)11-27-9-10-28-22(34)23(3,4)31-21(33)17-19(25)30-20(26)18(24)29-17/h5-8,13-14,27,32H,9-12H2,1-4H3,(H,28,34)(H,31,33)(H4,25,26,30). The van der Waals surface area contributed by atoms with Crippen molar-refractivity contribution in [2.75, 3.05) is 37.7 Å². The topological polar surface area (TPSA) is 178 Å². The Morgan fingerprint density at radius 1 is 1.14 bits per heavy atom. The highest BCUT2D eigenvalue weighted by Gasteiger charge is 2.31. The third kappa shape index (κ3) is 8.23. The molecule has 192 valence electrons. The number of nitrogens with zero attached hydrogens (tertiary/aromatic N) is 2. The lowest BCUT2D eigenvalue weighted by molar-refractivity contribution is -0.126. The first-order valence-corrected chi connectivity index (χ1v) is 11.6. The summed E-state index contributed by atoms with van der Waals surface area (Å²) in [4.78, 5) is 32.6. The molecule has 0 aliphatic carbocycles. The number of halogens is 1. The summed E-state index contributed by atoms with van der Waals surface area (Å²) in [5.74, 6) is -0.352. The minimum Gasteiger partial charge on any atom is -0.491 e. The average Bonchev–Trinajstić information content (AvgIpc) is 2.79. The van der Waals surface area contributed by atoms with Crippen LogP contribution in [0.3, 0.4) is 0 Å². The summed E-state index contributed by atoms with van der Waals surface area (Å²) >= 11 is 5.81. The second kappa shape index (κ2) is 12.5. The maximum Gasteiger partial charge on any atom is 0.274 e. The Kier molecular flexibility index (Phi) is 10.1. The van der Waals surface area contributed by atoms with Crippen molar-refractivity contribution < 1.29 is 19.4 Å². The van der Waals surface area contributed by atoms with Gasteiger partial charge >= 0.3 is 0 Å². The summed E-state index contributed by atoms with van der Waals surface area (Å²) in [7, 11) is 0. The first kappa shape index (κ1) is 28.1. The number of hydrogen-bond donors (Lipinski definition) is 6. The van der Waals surface area contributed by atoms with E-state index < -0.39 is 23.5 Å². The molecular weight excluding hydrogens is 474 g/mol. The Morgan fingerprint density at radius 3 is 2.51 bits per heavy atom. The van der Waals surface area contributed by atoms with Crippen molar-refractivity contribution in [3.05, 3.63) is 40.7 Å². The lowest BCUT2D eigenvalue weighted by atomic mass is 10.0. The van der Waals surface area contributed by atoms with Crippen LogP contribution in [0.5, 0.6) is 5.75 Å². The van der Waals surface area contributed by atoms with Gasteiger partial charge in [-0.05, 0) is 31.4 Å². The monoisotopic (exact) mass is 507 g/mol. The van der Waals surface area contributed by atoms with Crippen LogP contribution in [0.1, 0.15) is 49.7 Å². The van der Waals surface area contributed by atoms with Crippen LogP contribution < -0.4 is 32.2 Å². The zero-order chi connectivity index (χ0) is 26.2. The number of amides is 2. The van der Waals surface area contributed by atoms with Crippen LogP contribution >= 0.6 is 11.6 Å². The zero-order valence-electron chi connectivity index (χ0n) is 20.4. The van der Waals surface area contributed by atoms with E-state index in [1.54, 1.807) is 0 Å². The highest BCUT2D eigenvalue weighted by molar-refractivity contribution is 6.31. The van der Waals surface area contributed by atoms with Gasteiger partial charge < -0.3 is 37.3 Å². The summed E-state index contributed by atoms with van der Waals surface area (Å²) in [6.45, 7) is 8.34. The number of hydrogen-bond acceptors (Lipinski definition) is 9. The second-order valence-corrected chi connectivity index (χ2v) is 9.19. The third-order valence-electron chi connectivity index (χ3n) is 5.05. The summed E-state index contributed by atoms with van der Waals surface area (Å²) in [6.07, 6.45) is -0.722. The van der Waals surface area contributed by atoms with Crippen molar-refractivity contribution in [3.8, 4) is 5.75 Å². The fourth-order valence-electron chi connectivity index (χ4n) is 3.10. The molecule has 2 amide bonds. The average molecular weight is 508 g/mol. The van der Waals surface area contributed by atoms with Crippen LogP contribution in [-0.4, -0.2) is 64.8 Å². The second-order valence-electron chi connectivity index (χ2n) is 8.83. The van der Waals surface area contributed by atoms with Gasteiger partial charge in [-0.25, -0.2) is 9.97 Å². The molecule has 35 heavy (non-hydrogen) atoms. The van der Waals surface area contributed by atoms with Crippen LogP contribution in [0.4, 0.5) is 11.6 Å². The number of rotatable bonds is 12. The number of anilines is 2. The van der Waals surface area contributed by atoms with Gasteiger partial charge in [-0.2, -0.15) is 0 Å². The number of aliphatic hydroxyl groups is 1. The Hall–Kier alpha value is -3.15. The molecule has 0 saturated carbocycles. The smallest absolute Gasteiger partial charge is 0.274 e. The van der Waals surface area contributed by atoms with Crippen LogP contribution in [0.25, 0.3) is 0 Å². The Labute approximate surface area is 210 Å². The number of para-hydroxylation sites is 1. The Balaban J connectivity index is 1.73. The zero-order valence-corrected chi connectivity index (χ0v) is 21.1. The number of carbonyl (C=O) groups is 2. The van der Waals surface area contributed by atoms with Gasteiger partial charge in [-0.15, -0.1) is 0 Å². The van der Waals surface area contributed by atoms with Crippen molar-refractivity contribution >= 4 is 35.1 Å². The van der Waals surface area contributed by atoms with Crippen LogP contribution in [-0.2, 0) is 4.79 Å². The van der Waals surface area contributed by atoms with Crippen LogP contribution in [0.15, 0.2) is 24.3 Å². The largest absolute Gasteiger partial charge is 0.491 e. The quantitative estimate of drug-likeness (QED) is 0.229. The fraction of sp³-hybridized carbons (Fsp3) is 0.478. The molecule has 12 heteroatoms. The summed E-state index contributed by atoms with van der Waals surface area (Å²) in [6, 6.07) is 7.74. The molecule has 0 saturated heterocycles. The van der Waals surface area contributed by atoms with E-state index in [0.29, 0.717) is 12.5 Å². The van der Waals surface area contributed by atoms with Gasteiger partial charge in [0.1, 0.15) is 24.0 Å². The normalized spacial score (nSPS) is 12.3. The van der Waals surface area contributed by atoms with Crippen LogP contribution in [0, 0.1) is 0 Å². The molecule has 2 rings (SSSR count). The predicted octanol–water partition coefficient (Wildman–Crippen LogP) is 1.07. The van der Waals surface area contributed by atoms with Crippen molar-refractivity contribution in [3.63, 3.8) is 0 Å². The highest BCUT2D eigenvalue weighted by Crippen LogP contribution is 2.25. The van der Waals surface area contributed by atoms with Gasteiger partial charge in [0.2, 0.25) is 5.91 Å². The van der Waals surface area contributed by atoms with Crippen molar-refractivity contribution in [1.29, 1.82) is 0 Å². The number of nitrogens with two attached hydrogens (primary N) is 2. The number of ether oxygens (including phenoxy) is 1.